The normalized spacial score (nSPS) is 9.15. The summed E-state index contributed by atoms with van der Waals surface area (Å²) in [5.41, 5.74) is 2.47. The zero-order valence-electron chi connectivity index (χ0n) is 7.60. The molecule has 0 atom stereocenters. The van der Waals surface area contributed by atoms with Gasteiger partial charge >= 0.3 is 5.97 Å². The lowest BCUT2D eigenvalue weighted by Gasteiger charge is -2.01. The fourth-order valence-electron chi connectivity index (χ4n) is 1.17. The van der Waals surface area contributed by atoms with Gasteiger partial charge in [0.2, 0.25) is 0 Å². The van der Waals surface area contributed by atoms with Gasteiger partial charge in [0.15, 0.2) is 0 Å². The number of nitrogens with one attached hydrogen (secondary N) is 1. The molecule has 0 aliphatic carbocycles. The molecule has 1 rings (SSSR count). The number of ether oxygens (including phenoxy) is 1. The maximum Gasteiger partial charge on any atom is 0.340 e. The number of aryl methyl sites for hydroxylation is 2. The number of aromatic nitrogens is 1. The Balaban J connectivity index is 0.00000144. The first-order valence-electron chi connectivity index (χ1n) is 3.98. The molecule has 0 radical (unpaired) electrons. The zero-order valence-corrected chi connectivity index (χ0v) is 7.60. The average molecular weight is 183 g/mol. The first-order valence-corrected chi connectivity index (χ1v) is 3.98. The molecule has 0 fully saturated rings. The van der Waals surface area contributed by atoms with Crippen LogP contribution in [-0.4, -0.2) is 17.6 Å². The van der Waals surface area contributed by atoms with E-state index in [-0.39, 0.29) is 13.4 Å². The average Bonchev–Trinajstić information content (AvgIpc) is 2.32. The molecule has 3 nitrogen and oxygen atoms in total. The molecule has 0 aliphatic heterocycles. The number of aromatic amines is 1. The third kappa shape index (κ3) is 2.34. The fraction of sp³-hybridized carbons (Fsp3) is 0.500. The van der Waals surface area contributed by atoms with Gasteiger partial charge in [-0.3, -0.25) is 0 Å². The van der Waals surface area contributed by atoms with Crippen LogP contribution in [0.15, 0.2) is 6.20 Å². The van der Waals surface area contributed by atoms with Crippen LogP contribution in [0.1, 0.15) is 36.0 Å². The standard InChI is InChI=1S/C9H13NO2.CH4/c1-4-12-9(11)8-6(2)5-10-7(8)3;/h5,10H,4H2,1-3H3;1H4. The molecule has 0 aromatic carbocycles. The third-order valence-corrected chi connectivity index (χ3v) is 1.75. The lowest BCUT2D eigenvalue weighted by atomic mass is 10.2. The molecule has 1 aromatic rings. The van der Waals surface area contributed by atoms with Crippen molar-refractivity contribution in [3.63, 3.8) is 0 Å². The fourth-order valence-corrected chi connectivity index (χ4v) is 1.17. The molecule has 1 aromatic heterocycles. The summed E-state index contributed by atoms with van der Waals surface area (Å²) < 4.78 is 4.89. The molecule has 74 valence electrons. The van der Waals surface area contributed by atoms with E-state index in [1.807, 2.05) is 20.0 Å². The molecule has 0 unspecified atom stereocenters. The zero-order chi connectivity index (χ0) is 9.14. The van der Waals surface area contributed by atoms with Crippen LogP contribution >= 0.6 is 0 Å². The molecule has 0 saturated carbocycles. The Kier molecular flexibility index (Phi) is 4.25. The highest BCUT2D eigenvalue weighted by Gasteiger charge is 2.13. The van der Waals surface area contributed by atoms with Gasteiger partial charge < -0.3 is 9.72 Å². The van der Waals surface area contributed by atoms with Gasteiger partial charge in [-0.15, -0.1) is 0 Å². The Bertz CT molecular complexity index is 270. The van der Waals surface area contributed by atoms with Crippen molar-refractivity contribution in [1.29, 1.82) is 0 Å². The largest absolute Gasteiger partial charge is 0.462 e. The summed E-state index contributed by atoms with van der Waals surface area (Å²) in [6.45, 7) is 5.97. The van der Waals surface area contributed by atoms with Gasteiger partial charge in [-0.1, -0.05) is 7.43 Å². The van der Waals surface area contributed by atoms with E-state index in [9.17, 15) is 4.79 Å². The number of rotatable bonds is 2. The Morgan fingerprint density at radius 2 is 2.15 bits per heavy atom. The van der Waals surface area contributed by atoms with E-state index in [0.717, 1.165) is 11.3 Å². The molecule has 13 heavy (non-hydrogen) atoms. The van der Waals surface area contributed by atoms with Crippen LogP contribution < -0.4 is 0 Å². The number of esters is 1. The molecule has 0 bridgehead atoms. The topological polar surface area (TPSA) is 42.1 Å². The van der Waals surface area contributed by atoms with Gasteiger partial charge in [-0.05, 0) is 26.3 Å². The first-order chi connectivity index (χ1) is 5.66. The van der Waals surface area contributed by atoms with Gasteiger partial charge in [0.25, 0.3) is 0 Å². The molecule has 0 aliphatic rings. The highest BCUT2D eigenvalue weighted by Crippen LogP contribution is 2.12. The summed E-state index contributed by atoms with van der Waals surface area (Å²) in [5, 5.41) is 0. The van der Waals surface area contributed by atoms with E-state index in [1.165, 1.54) is 0 Å². The highest BCUT2D eigenvalue weighted by molar-refractivity contribution is 5.92. The maximum absolute atomic E-state index is 11.3. The second-order valence-electron chi connectivity index (χ2n) is 2.69. The van der Waals surface area contributed by atoms with Crippen LogP contribution in [0.4, 0.5) is 0 Å². The summed E-state index contributed by atoms with van der Waals surface area (Å²) in [7, 11) is 0. The van der Waals surface area contributed by atoms with Gasteiger partial charge in [0.1, 0.15) is 0 Å². The Morgan fingerprint density at radius 3 is 2.54 bits per heavy atom. The predicted octanol–water partition coefficient (Wildman–Crippen LogP) is 2.44. The van der Waals surface area contributed by atoms with Gasteiger partial charge in [-0.25, -0.2) is 4.79 Å². The number of hydrogen-bond donors (Lipinski definition) is 1. The van der Waals surface area contributed by atoms with Gasteiger partial charge in [0, 0.05) is 11.9 Å². The Morgan fingerprint density at radius 1 is 1.54 bits per heavy atom. The first kappa shape index (κ1) is 11.8. The lowest BCUT2D eigenvalue weighted by Crippen LogP contribution is -2.06. The summed E-state index contributed by atoms with van der Waals surface area (Å²) in [4.78, 5) is 14.3. The predicted molar refractivity (Wildman–Crippen MR) is 53.0 cm³/mol. The van der Waals surface area contributed by atoms with Crippen molar-refractivity contribution in [2.45, 2.75) is 28.2 Å². The van der Waals surface area contributed by atoms with Crippen molar-refractivity contribution in [1.82, 2.24) is 4.98 Å². The molecular weight excluding hydrogens is 166 g/mol. The molecule has 3 heteroatoms. The van der Waals surface area contributed by atoms with E-state index in [2.05, 4.69) is 4.98 Å². The Hall–Kier alpha value is -1.25. The van der Waals surface area contributed by atoms with Crippen molar-refractivity contribution in [2.75, 3.05) is 6.61 Å². The third-order valence-electron chi connectivity index (χ3n) is 1.75. The van der Waals surface area contributed by atoms with Crippen molar-refractivity contribution in [2.24, 2.45) is 0 Å². The molecule has 0 saturated heterocycles. The van der Waals surface area contributed by atoms with Crippen LogP contribution in [0.2, 0.25) is 0 Å². The van der Waals surface area contributed by atoms with Crippen LogP contribution in [0.25, 0.3) is 0 Å². The number of carbonyl (C=O) groups excluding carboxylic acids is 1. The Labute approximate surface area is 79.1 Å². The highest BCUT2D eigenvalue weighted by atomic mass is 16.5. The number of hydrogen-bond acceptors (Lipinski definition) is 2. The van der Waals surface area contributed by atoms with Crippen molar-refractivity contribution < 1.29 is 9.53 Å². The van der Waals surface area contributed by atoms with E-state index >= 15 is 0 Å². The second-order valence-corrected chi connectivity index (χ2v) is 2.69. The van der Waals surface area contributed by atoms with Crippen molar-refractivity contribution in [3.05, 3.63) is 23.0 Å². The monoisotopic (exact) mass is 183 g/mol. The quantitative estimate of drug-likeness (QED) is 0.715. The summed E-state index contributed by atoms with van der Waals surface area (Å²) in [5.74, 6) is -0.242. The second kappa shape index (κ2) is 4.70. The van der Waals surface area contributed by atoms with Crippen LogP contribution in [0, 0.1) is 13.8 Å². The SMILES string of the molecule is C.CCOC(=O)c1c(C)c[nH]c1C. The van der Waals surface area contributed by atoms with Crippen LogP contribution in [-0.2, 0) is 4.74 Å². The van der Waals surface area contributed by atoms with Crippen LogP contribution in [0.3, 0.4) is 0 Å². The van der Waals surface area contributed by atoms with Crippen LogP contribution in [0.5, 0.6) is 0 Å². The number of H-pyrrole nitrogens is 1. The molecule has 1 heterocycles. The summed E-state index contributed by atoms with van der Waals surface area (Å²) in [6, 6.07) is 0. The van der Waals surface area contributed by atoms with Gasteiger partial charge in [0.05, 0.1) is 12.2 Å². The minimum Gasteiger partial charge on any atom is -0.462 e. The minimum absolute atomic E-state index is 0. The molecular formula is C10H17NO2. The molecule has 0 spiro atoms. The molecule has 1 N–H and O–H groups in total. The summed E-state index contributed by atoms with van der Waals surface area (Å²) >= 11 is 0. The lowest BCUT2D eigenvalue weighted by molar-refractivity contribution is 0.0525. The maximum atomic E-state index is 11.3. The van der Waals surface area contributed by atoms with Crippen molar-refractivity contribution >= 4 is 5.97 Å². The smallest absolute Gasteiger partial charge is 0.340 e. The van der Waals surface area contributed by atoms with E-state index < -0.39 is 0 Å². The van der Waals surface area contributed by atoms with Gasteiger partial charge in [-0.2, -0.15) is 0 Å². The molecule has 0 amide bonds. The van der Waals surface area contributed by atoms with E-state index in [0.29, 0.717) is 12.2 Å². The minimum atomic E-state index is -0.242. The van der Waals surface area contributed by atoms with E-state index in [4.69, 9.17) is 4.74 Å². The van der Waals surface area contributed by atoms with E-state index in [1.54, 1.807) is 6.92 Å². The van der Waals surface area contributed by atoms with Crippen molar-refractivity contribution in [3.8, 4) is 0 Å². The number of carbonyl (C=O) groups is 1. The summed E-state index contributed by atoms with van der Waals surface area (Å²) in [6.07, 6.45) is 1.81.